The summed E-state index contributed by atoms with van der Waals surface area (Å²) in [6.07, 6.45) is 2.01. The van der Waals surface area contributed by atoms with Gasteiger partial charge in [0.1, 0.15) is 5.76 Å². The molecule has 0 saturated carbocycles. The Balaban J connectivity index is 1.70. The van der Waals surface area contributed by atoms with E-state index in [1.54, 1.807) is 18.0 Å². The number of furan rings is 1. The third-order valence-corrected chi connectivity index (χ3v) is 4.93. The van der Waals surface area contributed by atoms with E-state index in [9.17, 15) is 4.79 Å². The minimum atomic E-state index is 0.0623. The SMILES string of the molecule is N#CCCN(CC(=O)N1CCSc2ccccc21)Cc1ccco1. The Bertz CT molecular complexity index is 724. The number of hydrogen-bond donors (Lipinski definition) is 0. The number of para-hydroxylation sites is 1. The van der Waals surface area contributed by atoms with Crippen LogP contribution in [0.4, 0.5) is 5.69 Å². The van der Waals surface area contributed by atoms with E-state index in [0.29, 0.717) is 26.1 Å². The van der Waals surface area contributed by atoms with E-state index >= 15 is 0 Å². The van der Waals surface area contributed by atoms with Gasteiger partial charge in [-0.2, -0.15) is 5.26 Å². The van der Waals surface area contributed by atoms with Gasteiger partial charge in [-0.15, -0.1) is 11.8 Å². The summed E-state index contributed by atoms with van der Waals surface area (Å²) in [6.45, 7) is 2.08. The Labute approximate surface area is 145 Å². The molecule has 1 amide bonds. The maximum atomic E-state index is 12.8. The monoisotopic (exact) mass is 341 g/mol. The van der Waals surface area contributed by atoms with E-state index in [4.69, 9.17) is 9.68 Å². The van der Waals surface area contributed by atoms with Crippen molar-refractivity contribution in [3.8, 4) is 6.07 Å². The first-order valence-corrected chi connectivity index (χ1v) is 8.90. The van der Waals surface area contributed by atoms with Crippen LogP contribution in [0, 0.1) is 11.3 Å². The minimum absolute atomic E-state index is 0.0623. The fourth-order valence-corrected chi connectivity index (χ4v) is 3.74. The molecule has 0 saturated heterocycles. The smallest absolute Gasteiger partial charge is 0.241 e. The van der Waals surface area contributed by atoms with E-state index in [0.717, 1.165) is 22.1 Å². The number of benzene rings is 1. The second kappa shape index (κ2) is 8.04. The van der Waals surface area contributed by atoms with Gasteiger partial charge in [-0.1, -0.05) is 12.1 Å². The molecule has 1 aromatic carbocycles. The first kappa shape index (κ1) is 16.6. The fourth-order valence-electron chi connectivity index (χ4n) is 2.75. The van der Waals surface area contributed by atoms with Gasteiger partial charge in [0.05, 0.1) is 31.1 Å². The number of nitrogens with zero attached hydrogens (tertiary/aromatic N) is 3. The zero-order chi connectivity index (χ0) is 16.8. The summed E-state index contributed by atoms with van der Waals surface area (Å²) in [5, 5.41) is 8.86. The van der Waals surface area contributed by atoms with Crippen molar-refractivity contribution in [3.63, 3.8) is 0 Å². The molecule has 0 fully saturated rings. The summed E-state index contributed by atoms with van der Waals surface area (Å²) in [5.41, 5.74) is 0.983. The van der Waals surface area contributed by atoms with Gasteiger partial charge in [0.15, 0.2) is 0 Å². The molecule has 0 atom stereocenters. The number of anilines is 1. The van der Waals surface area contributed by atoms with E-state index in [1.807, 2.05) is 40.1 Å². The average Bonchev–Trinajstić information content (AvgIpc) is 3.12. The minimum Gasteiger partial charge on any atom is -0.468 e. The lowest BCUT2D eigenvalue weighted by atomic mass is 10.2. The maximum absolute atomic E-state index is 12.8. The first-order valence-electron chi connectivity index (χ1n) is 7.92. The van der Waals surface area contributed by atoms with Gasteiger partial charge >= 0.3 is 0 Å². The molecule has 0 bridgehead atoms. The van der Waals surface area contributed by atoms with Crippen LogP contribution in [0.3, 0.4) is 0 Å². The van der Waals surface area contributed by atoms with Crippen molar-refractivity contribution in [1.82, 2.24) is 4.90 Å². The van der Waals surface area contributed by atoms with Gasteiger partial charge in [0, 0.05) is 30.2 Å². The first-order chi connectivity index (χ1) is 11.8. The molecule has 5 nitrogen and oxygen atoms in total. The quantitative estimate of drug-likeness (QED) is 0.808. The number of nitriles is 1. The molecule has 0 aliphatic carbocycles. The lowest BCUT2D eigenvalue weighted by Crippen LogP contribution is -2.42. The van der Waals surface area contributed by atoms with Crippen LogP contribution in [0.2, 0.25) is 0 Å². The molecule has 1 aliphatic heterocycles. The van der Waals surface area contributed by atoms with Crippen LogP contribution in [0.15, 0.2) is 52.0 Å². The maximum Gasteiger partial charge on any atom is 0.241 e. The van der Waals surface area contributed by atoms with Crippen molar-refractivity contribution in [2.75, 3.05) is 30.3 Å². The molecule has 0 radical (unpaired) electrons. The van der Waals surface area contributed by atoms with Gasteiger partial charge in [-0.05, 0) is 24.3 Å². The normalized spacial score (nSPS) is 13.6. The van der Waals surface area contributed by atoms with Gasteiger partial charge in [-0.25, -0.2) is 0 Å². The molecule has 0 N–H and O–H groups in total. The van der Waals surface area contributed by atoms with E-state index in [2.05, 4.69) is 12.1 Å². The third kappa shape index (κ3) is 3.99. The third-order valence-electron chi connectivity index (χ3n) is 3.89. The van der Waals surface area contributed by atoms with Crippen LogP contribution < -0.4 is 4.90 Å². The number of carbonyl (C=O) groups is 1. The van der Waals surface area contributed by atoms with Gasteiger partial charge < -0.3 is 9.32 Å². The zero-order valence-corrected chi connectivity index (χ0v) is 14.2. The van der Waals surface area contributed by atoms with E-state index in [-0.39, 0.29) is 12.5 Å². The Morgan fingerprint density at radius 2 is 2.21 bits per heavy atom. The highest BCUT2D eigenvalue weighted by Crippen LogP contribution is 2.34. The van der Waals surface area contributed by atoms with Crippen LogP contribution in [-0.4, -0.2) is 36.2 Å². The summed E-state index contributed by atoms with van der Waals surface area (Å²) in [7, 11) is 0. The predicted molar refractivity (Wildman–Crippen MR) is 93.7 cm³/mol. The number of fused-ring (bicyclic) bond motifs is 1. The second-order valence-corrected chi connectivity index (χ2v) is 6.70. The molecule has 124 valence electrons. The molecule has 0 unspecified atom stereocenters. The topological polar surface area (TPSA) is 60.5 Å². The molecular formula is C18H19N3O2S. The lowest BCUT2D eigenvalue weighted by molar-refractivity contribution is -0.119. The largest absolute Gasteiger partial charge is 0.468 e. The summed E-state index contributed by atoms with van der Waals surface area (Å²) in [4.78, 5) is 17.8. The van der Waals surface area contributed by atoms with Crippen LogP contribution in [0.1, 0.15) is 12.2 Å². The summed E-state index contributed by atoms with van der Waals surface area (Å²) >= 11 is 1.78. The van der Waals surface area contributed by atoms with Gasteiger partial charge in [0.25, 0.3) is 0 Å². The summed E-state index contributed by atoms with van der Waals surface area (Å²) < 4.78 is 5.37. The van der Waals surface area contributed by atoms with Gasteiger partial charge in [0.2, 0.25) is 5.91 Å². The summed E-state index contributed by atoms with van der Waals surface area (Å²) in [5.74, 6) is 1.77. The molecule has 6 heteroatoms. The molecule has 0 spiro atoms. The van der Waals surface area contributed by atoms with E-state index < -0.39 is 0 Å². The highest BCUT2D eigenvalue weighted by atomic mass is 32.2. The van der Waals surface area contributed by atoms with Crippen molar-refractivity contribution in [3.05, 3.63) is 48.4 Å². The van der Waals surface area contributed by atoms with Crippen LogP contribution in [0.5, 0.6) is 0 Å². The van der Waals surface area contributed by atoms with Crippen molar-refractivity contribution in [1.29, 1.82) is 5.26 Å². The fraction of sp³-hybridized carbons (Fsp3) is 0.333. The Kier molecular flexibility index (Phi) is 5.57. The Hall–Kier alpha value is -2.23. The number of rotatable bonds is 6. The van der Waals surface area contributed by atoms with Crippen molar-refractivity contribution in [2.45, 2.75) is 17.9 Å². The summed E-state index contributed by atoms with van der Waals surface area (Å²) in [6, 6.07) is 13.9. The molecule has 3 rings (SSSR count). The second-order valence-electron chi connectivity index (χ2n) is 5.56. The van der Waals surface area contributed by atoms with Crippen molar-refractivity contribution < 1.29 is 9.21 Å². The Morgan fingerprint density at radius 1 is 1.33 bits per heavy atom. The van der Waals surface area contributed by atoms with Crippen molar-refractivity contribution >= 4 is 23.4 Å². The standard InChI is InChI=1S/C18H19N3O2S/c19-8-4-9-20(13-15-5-3-11-23-15)14-18(22)21-10-12-24-17-7-2-1-6-16(17)21/h1-3,5-7,11H,4,9-10,12-14H2. The predicted octanol–water partition coefficient (Wildman–Crippen LogP) is 3.13. The van der Waals surface area contributed by atoms with Crippen LogP contribution in [-0.2, 0) is 11.3 Å². The highest BCUT2D eigenvalue weighted by Gasteiger charge is 2.24. The zero-order valence-electron chi connectivity index (χ0n) is 13.4. The molecule has 2 heterocycles. The average molecular weight is 341 g/mol. The number of thioether (sulfide) groups is 1. The van der Waals surface area contributed by atoms with Gasteiger partial charge in [-0.3, -0.25) is 9.69 Å². The van der Waals surface area contributed by atoms with Crippen molar-refractivity contribution in [2.24, 2.45) is 0 Å². The lowest BCUT2D eigenvalue weighted by Gasteiger charge is -2.31. The number of hydrogen-bond acceptors (Lipinski definition) is 5. The van der Waals surface area contributed by atoms with Crippen LogP contribution in [0.25, 0.3) is 0 Å². The molecular weight excluding hydrogens is 322 g/mol. The number of carbonyl (C=O) groups excluding carboxylic acids is 1. The molecule has 2 aromatic rings. The van der Waals surface area contributed by atoms with Crippen LogP contribution >= 0.6 is 11.8 Å². The highest BCUT2D eigenvalue weighted by molar-refractivity contribution is 7.99. The number of amides is 1. The molecule has 1 aliphatic rings. The molecule has 24 heavy (non-hydrogen) atoms. The van der Waals surface area contributed by atoms with E-state index in [1.165, 1.54) is 0 Å². The Morgan fingerprint density at radius 3 is 3.00 bits per heavy atom. The molecule has 1 aromatic heterocycles.